The molecule has 0 radical (unpaired) electrons. The Labute approximate surface area is 92.9 Å². The Bertz CT molecular complexity index is 271. The average Bonchev–Trinajstić information content (AvgIpc) is 2.61. The molecule has 1 aliphatic rings. The van der Waals surface area contributed by atoms with Gasteiger partial charge in [0, 0.05) is 5.92 Å². The van der Waals surface area contributed by atoms with Crippen LogP contribution in [0.4, 0.5) is 30.7 Å². The standard InChI is InChI=1S/C9H10F7N/c10-5-7(6-3-1-2-4-6)17(8(11,12)13)9(14,15)16/h5-6H,1-4H2/b7-5+. The van der Waals surface area contributed by atoms with Gasteiger partial charge in [-0.3, -0.25) is 0 Å². The van der Waals surface area contributed by atoms with Crippen LogP contribution < -0.4 is 0 Å². The highest BCUT2D eigenvalue weighted by Gasteiger charge is 2.56. The molecule has 0 saturated heterocycles. The second-order valence-corrected chi connectivity index (χ2v) is 3.79. The maximum Gasteiger partial charge on any atom is 0.491 e. The van der Waals surface area contributed by atoms with E-state index in [1.807, 2.05) is 0 Å². The normalized spacial score (nSPS) is 19.8. The van der Waals surface area contributed by atoms with Gasteiger partial charge >= 0.3 is 12.6 Å². The Kier molecular flexibility index (Phi) is 3.93. The quantitative estimate of drug-likeness (QED) is 0.530. The highest BCUT2D eigenvalue weighted by molar-refractivity contribution is 5.06. The topological polar surface area (TPSA) is 3.24 Å². The van der Waals surface area contributed by atoms with Crippen LogP contribution in [0.2, 0.25) is 0 Å². The molecule has 1 rings (SSSR count). The van der Waals surface area contributed by atoms with E-state index in [0.717, 1.165) is 0 Å². The molecule has 17 heavy (non-hydrogen) atoms. The van der Waals surface area contributed by atoms with E-state index in [9.17, 15) is 30.7 Å². The molecule has 0 aromatic heterocycles. The molecular weight excluding hydrogens is 255 g/mol. The molecule has 0 bridgehead atoms. The fraction of sp³-hybridized carbons (Fsp3) is 0.778. The molecule has 0 atom stereocenters. The zero-order valence-electron chi connectivity index (χ0n) is 8.58. The van der Waals surface area contributed by atoms with Gasteiger partial charge in [0.05, 0.1) is 5.70 Å². The molecule has 0 unspecified atom stereocenters. The van der Waals surface area contributed by atoms with E-state index in [2.05, 4.69) is 0 Å². The van der Waals surface area contributed by atoms with Gasteiger partial charge in [0.25, 0.3) is 0 Å². The van der Waals surface area contributed by atoms with Crippen molar-refractivity contribution in [3.63, 3.8) is 0 Å². The van der Waals surface area contributed by atoms with Crippen molar-refractivity contribution in [1.82, 2.24) is 4.90 Å². The largest absolute Gasteiger partial charge is 0.491 e. The summed E-state index contributed by atoms with van der Waals surface area (Å²) in [7, 11) is 0. The highest BCUT2D eigenvalue weighted by atomic mass is 19.4. The van der Waals surface area contributed by atoms with Gasteiger partial charge in [-0.1, -0.05) is 12.8 Å². The molecule has 1 saturated carbocycles. The minimum absolute atomic E-state index is 0.137. The number of allylic oxidation sites excluding steroid dienone is 1. The first-order valence-corrected chi connectivity index (χ1v) is 4.92. The molecule has 1 nitrogen and oxygen atoms in total. The molecule has 1 aliphatic carbocycles. The smallest absolute Gasteiger partial charge is 0.214 e. The van der Waals surface area contributed by atoms with E-state index in [0.29, 0.717) is 12.8 Å². The van der Waals surface area contributed by atoms with Crippen LogP contribution in [0.1, 0.15) is 25.7 Å². The summed E-state index contributed by atoms with van der Waals surface area (Å²) >= 11 is 0. The van der Waals surface area contributed by atoms with Gasteiger partial charge < -0.3 is 0 Å². The van der Waals surface area contributed by atoms with Crippen LogP contribution in [0.15, 0.2) is 12.0 Å². The van der Waals surface area contributed by atoms with E-state index < -0.39 is 35.4 Å². The van der Waals surface area contributed by atoms with Crippen molar-refractivity contribution < 1.29 is 30.7 Å². The van der Waals surface area contributed by atoms with Crippen LogP contribution >= 0.6 is 0 Å². The third-order valence-corrected chi connectivity index (χ3v) is 2.65. The maximum atomic E-state index is 12.4. The first-order valence-electron chi connectivity index (χ1n) is 4.92. The third kappa shape index (κ3) is 3.26. The second-order valence-electron chi connectivity index (χ2n) is 3.79. The summed E-state index contributed by atoms with van der Waals surface area (Å²) in [5, 5.41) is 0. The molecule has 0 N–H and O–H groups in total. The molecule has 8 heteroatoms. The van der Waals surface area contributed by atoms with Gasteiger partial charge in [0.15, 0.2) is 0 Å². The second kappa shape index (κ2) is 4.73. The van der Waals surface area contributed by atoms with Crippen LogP contribution in [0.3, 0.4) is 0 Å². The van der Waals surface area contributed by atoms with E-state index in [4.69, 9.17) is 0 Å². The first-order chi connectivity index (χ1) is 7.68. The lowest BCUT2D eigenvalue weighted by molar-refractivity contribution is -0.361. The van der Waals surface area contributed by atoms with E-state index in [-0.39, 0.29) is 12.8 Å². The Balaban J connectivity index is 3.04. The molecule has 0 spiro atoms. The summed E-state index contributed by atoms with van der Waals surface area (Å²) in [6, 6.07) is 0. The Morgan fingerprint density at radius 3 is 1.65 bits per heavy atom. The summed E-state index contributed by atoms with van der Waals surface area (Å²) in [5.41, 5.74) is -1.34. The molecule has 0 aromatic rings. The summed E-state index contributed by atoms with van der Waals surface area (Å²) in [6.07, 6.45) is -10.6. The molecule has 0 amide bonds. The van der Waals surface area contributed by atoms with Crippen molar-refractivity contribution in [3.8, 4) is 0 Å². The lowest BCUT2D eigenvalue weighted by Crippen LogP contribution is -2.48. The Morgan fingerprint density at radius 2 is 1.35 bits per heavy atom. The average molecular weight is 265 g/mol. The van der Waals surface area contributed by atoms with E-state index in [1.165, 1.54) is 0 Å². The number of hydrogen-bond donors (Lipinski definition) is 0. The lowest BCUT2D eigenvalue weighted by atomic mass is 10.0. The van der Waals surface area contributed by atoms with Gasteiger partial charge in [-0.15, -0.1) is 26.3 Å². The zero-order chi connectivity index (χ0) is 13.3. The fourth-order valence-corrected chi connectivity index (χ4v) is 1.98. The summed E-state index contributed by atoms with van der Waals surface area (Å²) < 4.78 is 86.2. The Morgan fingerprint density at radius 1 is 0.941 bits per heavy atom. The van der Waals surface area contributed by atoms with Gasteiger partial charge in [-0.2, -0.15) is 4.90 Å². The predicted molar refractivity (Wildman–Crippen MR) is 45.1 cm³/mol. The first kappa shape index (κ1) is 14.1. The Hall–Kier alpha value is -0.950. The number of rotatable bonds is 2. The fourth-order valence-electron chi connectivity index (χ4n) is 1.98. The van der Waals surface area contributed by atoms with Gasteiger partial charge in [-0.05, 0) is 12.8 Å². The minimum Gasteiger partial charge on any atom is -0.214 e. The number of hydrogen-bond acceptors (Lipinski definition) is 1. The summed E-state index contributed by atoms with van der Waals surface area (Å²) in [4.78, 5) is -1.74. The van der Waals surface area contributed by atoms with Gasteiger partial charge in [0.1, 0.15) is 6.33 Å². The van der Waals surface area contributed by atoms with E-state index >= 15 is 0 Å². The van der Waals surface area contributed by atoms with Crippen LogP contribution in [0.5, 0.6) is 0 Å². The zero-order valence-corrected chi connectivity index (χ0v) is 8.58. The number of halogens is 7. The van der Waals surface area contributed by atoms with Crippen LogP contribution in [0.25, 0.3) is 0 Å². The van der Waals surface area contributed by atoms with Crippen LogP contribution in [-0.2, 0) is 0 Å². The van der Waals surface area contributed by atoms with Crippen molar-refractivity contribution >= 4 is 0 Å². The molecule has 0 aromatic carbocycles. The lowest BCUT2D eigenvalue weighted by Gasteiger charge is -2.32. The van der Waals surface area contributed by atoms with Crippen molar-refractivity contribution in [2.24, 2.45) is 5.92 Å². The van der Waals surface area contributed by atoms with Crippen molar-refractivity contribution in [2.75, 3.05) is 0 Å². The summed E-state index contributed by atoms with van der Waals surface area (Å²) in [5.74, 6) is -1.02. The molecule has 0 aliphatic heterocycles. The number of alkyl halides is 6. The van der Waals surface area contributed by atoms with Crippen molar-refractivity contribution in [3.05, 3.63) is 12.0 Å². The third-order valence-electron chi connectivity index (χ3n) is 2.65. The molecule has 100 valence electrons. The maximum absolute atomic E-state index is 12.4. The monoisotopic (exact) mass is 265 g/mol. The van der Waals surface area contributed by atoms with Crippen LogP contribution in [0, 0.1) is 5.92 Å². The van der Waals surface area contributed by atoms with Crippen LogP contribution in [-0.4, -0.2) is 17.5 Å². The van der Waals surface area contributed by atoms with Crippen molar-refractivity contribution in [1.29, 1.82) is 0 Å². The van der Waals surface area contributed by atoms with E-state index in [1.54, 1.807) is 0 Å². The van der Waals surface area contributed by atoms with Gasteiger partial charge in [-0.25, -0.2) is 4.39 Å². The molecule has 1 fully saturated rings. The SMILES string of the molecule is F/C=C(\C1CCCC1)N(C(F)(F)F)C(F)(F)F. The molecule has 0 heterocycles. The predicted octanol–water partition coefficient (Wildman–Crippen LogP) is 4.33. The minimum atomic E-state index is -5.67. The summed E-state index contributed by atoms with van der Waals surface area (Å²) in [6.45, 7) is 0. The van der Waals surface area contributed by atoms with Crippen molar-refractivity contribution in [2.45, 2.75) is 38.3 Å². The number of nitrogens with zero attached hydrogens (tertiary/aromatic N) is 1. The molecular formula is C9H10F7N. The highest BCUT2D eigenvalue weighted by Crippen LogP contribution is 2.43. The van der Waals surface area contributed by atoms with Gasteiger partial charge in [0.2, 0.25) is 0 Å².